The largest absolute Gasteiger partial charge is 0.391 e. The molecule has 1 aliphatic carbocycles. The molecule has 2 aliphatic rings. The second-order valence-corrected chi connectivity index (χ2v) is 8.35. The number of aliphatic hydroxyl groups is 1. The van der Waals surface area contributed by atoms with Gasteiger partial charge in [0.1, 0.15) is 5.82 Å². The molecule has 29 heavy (non-hydrogen) atoms. The summed E-state index contributed by atoms with van der Waals surface area (Å²) in [5.74, 6) is 0.840. The van der Waals surface area contributed by atoms with E-state index in [1.54, 1.807) is 6.07 Å². The number of piperidine rings is 1. The molecule has 4 rings (SSSR count). The lowest BCUT2D eigenvalue weighted by Crippen LogP contribution is -2.47. The zero-order chi connectivity index (χ0) is 20.2. The highest BCUT2D eigenvalue weighted by Gasteiger charge is 2.28. The summed E-state index contributed by atoms with van der Waals surface area (Å²) >= 11 is 0. The van der Waals surface area contributed by atoms with Gasteiger partial charge in [-0.1, -0.05) is 12.8 Å². The quantitative estimate of drug-likeness (QED) is 0.766. The molecule has 1 saturated heterocycles. The molecule has 2 aromatic heterocycles. The highest BCUT2D eigenvalue weighted by molar-refractivity contribution is 5.39. The lowest BCUT2D eigenvalue weighted by atomic mass is 9.93. The lowest BCUT2D eigenvalue weighted by Gasteiger charge is -2.37. The highest BCUT2D eigenvalue weighted by Crippen LogP contribution is 2.28. The molecule has 1 aliphatic heterocycles. The summed E-state index contributed by atoms with van der Waals surface area (Å²) in [6.45, 7) is 2.53. The standard InChI is InChI=1S/C21H32N6O2/c1-25-13-11-16(23-25)14-22-15-17-6-4-5-12-26(17)20-9-10-21(29)27(24-20)18-7-2-3-8-19(18)28/h9-11,13,17-19,22,28H,2-8,12,14-15H2,1H3. The van der Waals surface area contributed by atoms with Crippen molar-refractivity contribution in [2.24, 2.45) is 7.05 Å². The van der Waals surface area contributed by atoms with Crippen molar-refractivity contribution < 1.29 is 5.11 Å². The number of nitrogens with one attached hydrogen (secondary N) is 1. The summed E-state index contributed by atoms with van der Waals surface area (Å²) in [6, 6.07) is 5.60. The predicted octanol–water partition coefficient (Wildman–Crippen LogP) is 1.60. The van der Waals surface area contributed by atoms with Crippen LogP contribution in [0.25, 0.3) is 0 Å². The Morgan fingerprint density at radius 3 is 2.72 bits per heavy atom. The predicted molar refractivity (Wildman–Crippen MR) is 112 cm³/mol. The van der Waals surface area contributed by atoms with E-state index in [1.165, 1.54) is 11.1 Å². The van der Waals surface area contributed by atoms with E-state index in [0.29, 0.717) is 6.04 Å². The number of hydrogen-bond acceptors (Lipinski definition) is 6. The smallest absolute Gasteiger partial charge is 0.267 e. The Hall–Kier alpha value is -2.19. The maximum atomic E-state index is 12.5. The molecule has 3 heterocycles. The second kappa shape index (κ2) is 9.09. The molecule has 0 amide bonds. The van der Waals surface area contributed by atoms with Crippen LogP contribution < -0.4 is 15.8 Å². The number of rotatable bonds is 6. The van der Waals surface area contributed by atoms with Crippen LogP contribution in [0.15, 0.2) is 29.2 Å². The summed E-state index contributed by atoms with van der Waals surface area (Å²) in [7, 11) is 1.93. The molecular formula is C21H32N6O2. The lowest BCUT2D eigenvalue weighted by molar-refractivity contribution is 0.0669. The monoisotopic (exact) mass is 400 g/mol. The van der Waals surface area contributed by atoms with E-state index in [0.717, 1.165) is 69.7 Å². The van der Waals surface area contributed by atoms with Crippen molar-refractivity contribution in [3.05, 3.63) is 40.4 Å². The van der Waals surface area contributed by atoms with Gasteiger partial charge >= 0.3 is 0 Å². The fourth-order valence-electron chi connectivity index (χ4n) is 4.62. The van der Waals surface area contributed by atoms with Crippen LogP contribution in [0.2, 0.25) is 0 Å². The number of anilines is 1. The van der Waals surface area contributed by atoms with E-state index in [9.17, 15) is 9.90 Å². The van der Waals surface area contributed by atoms with Crippen LogP contribution in [0.3, 0.4) is 0 Å². The maximum Gasteiger partial charge on any atom is 0.267 e. The SMILES string of the molecule is Cn1ccc(CNCC2CCCCN2c2ccc(=O)n(C3CCCCC3O)n2)n1. The van der Waals surface area contributed by atoms with Crippen LogP contribution in [-0.4, -0.2) is 49.9 Å². The van der Waals surface area contributed by atoms with Crippen molar-refractivity contribution >= 4 is 5.82 Å². The second-order valence-electron chi connectivity index (χ2n) is 8.35. The fraction of sp³-hybridized carbons (Fsp3) is 0.667. The van der Waals surface area contributed by atoms with E-state index in [4.69, 9.17) is 5.10 Å². The molecule has 158 valence electrons. The van der Waals surface area contributed by atoms with Gasteiger partial charge in [0.15, 0.2) is 0 Å². The van der Waals surface area contributed by atoms with Gasteiger partial charge in [-0.2, -0.15) is 10.2 Å². The van der Waals surface area contributed by atoms with E-state index in [1.807, 2.05) is 30.1 Å². The molecular weight excluding hydrogens is 368 g/mol. The van der Waals surface area contributed by atoms with Crippen LogP contribution in [0.4, 0.5) is 5.82 Å². The minimum absolute atomic E-state index is 0.124. The van der Waals surface area contributed by atoms with Gasteiger partial charge in [0, 0.05) is 45.0 Å². The normalized spacial score (nSPS) is 25.3. The Morgan fingerprint density at radius 1 is 1.10 bits per heavy atom. The molecule has 3 atom stereocenters. The third kappa shape index (κ3) is 4.70. The van der Waals surface area contributed by atoms with Crippen molar-refractivity contribution in [3.8, 4) is 0 Å². The molecule has 0 bridgehead atoms. The van der Waals surface area contributed by atoms with E-state index < -0.39 is 6.10 Å². The maximum absolute atomic E-state index is 12.5. The van der Waals surface area contributed by atoms with Gasteiger partial charge in [-0.15, -0.1) is 0 Å². The van der Waals surface area contributed by atoms with Gasteiger partial charge in [0.05, 0.1) is 17.8 Å². The van der Waals surface area contributed by atoms with Gasteiger partial charge in [0.25, 0.3) is 5.56 Å². The molecule has 3 unspecified atom stereocenters. The minimum Gasteiger partial charge on any atom is -0.391 e. The fourth-order valence-corrected chi connectivity index (χ4v) is 4.62. The number of aryl methyl sites for hydroxylation is 1. The van der Waals surface area contributed by atoms with Crippen LogP contribution in [0.1, 0.15) is 56.7 Å². The average molecular weight is 401 g/mol. The third-order valence-corrected chi connectivity index (χ3v) is 6.20. The Morgan fingerprint density at radius 2 is 1.93 bits per heavy atom. The van der Waals surface area contributed by atoms with Gasteiger partial charge in [-0.05, 0) is 44.2 Å². The Balaban J connectivity index is 1.47. The highest BCUT2D eigenvalue weighted by atomic mass is 16.3. The molecule has 2 N–H and O–H groups in total. The Kier molecular flexibility index (Phi) is 6.30. The summed E-state index contributed by atoms with van der Waals surface area (Å²) in [5, 5.41) is 23.1. The topological polar surface area (TPSA) is 88.2 Å². The van der Waals surface area contributed by atoms with Crippen molar-refractivity contribution in [2.45, 2.75) is 69.7 Å². The zero-order valence-electron chi connectivity index (χ0n) is 17.2. The number of hydrogen-bond donors (Lipinski definition) is 2. The minimum atomic E-state index is -0.485. The van der Waals surface area contributed by atoms with Gasteiger partial charge in [0.2, 0.25) is 0 Å². The first-order valence-electron chi connectivity index (χ1n) is 10.9. The molecule has 0 aromatic carbocycles. The van der Waals surface area contributed by atoms with Gasteiger partial charge in [-0.3, -0.25) is 9.48 Å². The first-order valence-corrected chi connectivity index (χ1v) is 10.9. The number of aliphatic hydroxyl groups excluding tert-OH is 1. The van der Waals surface area contributed by atoms with E-state index in [2.05, 4.69) is 15.3 Å². The molecule has 2 aromatic rings. The van der Waals surface area contributed by atoms with E-state index >= 15 is 0 Å². The zero-order valence-corrected chi connectivity index (χ0v) is 17.2. The van der Waals surface area contributed by atoms with Crippen LogP contribution >= 0.6 is 0 Å². The van der Waals surface area contributed by atoms with E-state index in [-0.39, 0.29) is 11.6 Å². The molecule has 8 nitrogen and oxygen atoms in total. The van der Waals surface area contributed by atoms with Crippen LogP contribution in [-0.2, 0) is 13.6 Å². The summed E-state index contributed by atoms with van der Waals surface area (Å²) < 4.78 is 3.35. The van der Waals surface area contributed by atoms with Crippen molar-refractivity contribution in [1.29, 1.82) is 0 Å². The molecule has 1 saturated carbocycles. The molecule has 0 spiro atoms. The molecule has 8 heteroatoms. The van der Waals surface area contributed by atoms with Crippen molar-refractivity contribution in [1.82, 2.24) is 24.9 Å². The Bertz CT molecular complexity index is 863. The summed E-state index contributed by atoms with van der Waals surface area (Å²) in [5.41, 5.74) is 0.911. The first kappa shape index (κ1) is 20.1. The van der Waals surface area contributed by atoms with Crippen molar-refractivity contribution in [2.75, 3.05) is 18.0 Å². The van der Waals surface area contributed by atoms with Crippen LogP contribution in [0, 0.1) is 0 Å². The summed E-state index contributed by atoms with van der Waals surface area (Å²) in [4.78, 5) is 14.8. The third-order valence-electron chi connectivity index (χ3n) is 6.20. The Labute approximate surface area is 171 Å². The number of nitrogens with zero attached hydrogens (tertiary/aromatic N) is 5. The summed E-state index contributed by atoms with van der Waals surface area (Å²) in [6.07, 6.45) is 8.50. The molecule has 0 radical (unpaired) electrons. The van der Waals surface area contributed by atoms with Gasteiger partial charge < -0.3 is 15.3 Å². The first-order chi connectivity index (χ1) is 14.1. The van der Waals surface area contributed by atoms with Crippen molar-refractivity contribution in [3.63, 3.8) is 0 Å². The number of aromatic nitrogens is 4. The molecule has 2 fully saturated rings. The average Bonchev–Trinajstić information content (AvgIpc) is 3.14. The van der Waals surface area contributed by atoms with Crippen LogP contribution in [0.5, 0.6) is 0 Å². The van der Waals surface area contributed by atoms with Gasteiger partial charge in [-0.25, -0.2) is 4.68 Å².